The lowest BCUT2D eigenvalue weighted by molar-refractivity contribution is -0.471. The molecule has 0 heterocycles. The molecule has 0 radical (unpaired) electrons. The number of methoxy groups -OCH3 is 1. The van der Waals surface area contributed by atoms with Gasteiger partial charge in [0.25, 0.3) is 0 Å². The summed E-state index contributed by atoms with van der Waals surface area (Å²) in [5.41, 5.74) is -0.0696. The molecule has 0 aromatic heterocycles. The van der Waals surface area contributed by atoms with Gasteiger partial charge in [-0.25, -0.2) is 4.55 Å². The predicted molar refractivity (Wildman–Crippen MR) is 203 cm³/mol. The van der Waals surface area contributed by atoms with E-state index >= 15 is 0 Å². The SMILES string of the molecule is C=[N+]([C@@H]1C(O[Si](C)(C)C(C)(C)C)[C@@H]2CC(O[Si](C)(C)C(C)(C)C)CC[C@]2(C)[C@H]2CC[C@]3(C)[C@@H]([C@H](C)CCC(=O)OC)CC[C@H]3[C@H]12)S(=O)(=O)O. The van der Waals surface area contributed by atoms with Crippen molar-refractivity contribution in [2.45, 2.75) is 175 Å². The van der Waals surface area contributed by atoms with E-state index in [9.17, 15) is 17.8 Å². The van der Waals surface area contributed by atoms with Crippen LogP contribution in [0.25, 0.3) is 0 Å². The first kappa shape index (κ1) is 41.2. The standard InChI is InChI=1S/C38H71NO7SSi2/c1-25(16-19-31(40)44-11)27-17-18-28-32-29(21-23-37(27,28)8)38(9)22-20-26(45-48(12,13)35(2,3)4)24-30(38)34(33(32)39(10)47(41,42)43)46-49(14,15)36(5,6)7/h25-30,32-34H,10,16-24H2,1-9,11-15H3/p+1/t25-,26?,27-,28+,29+,30+,32+,33+,34?,37-,38-/m1/s1. The first-order chi connectivity index (χ1) is 22.1. The van der Waals surface area contributed by atoms with E-state index in [1.54, 1.807) is 0 Å². The molecule has 4 rings (SSSR count). The molecule has 0 bridgehead atoms. The summed E-state index contributed by atoms with van der Waals surface area (Å²) in [4.78, 5) is 12.1. The fourth-order valence-corrected chi connectivity index (χ4v) is 14.0. The van der Waals surface area contributed by atoms with Gasteiger partial charge in [-0.3, -0.25) is 4.79 Å². The van der Waals surface area contributed by atoms with Gasteiger partial charge >= 0.3 is 16.3 Å². The van der Waals surface area contributed by atoms with Crippen molar-refractivity contribution in [1.29, 1.82) is 0 Å². The Kier molecular flexibility index (Phi) is 11.5. The summed E-state index contributed by atoms with van der Waals surface area (Å²) in [6.07, 6.45) is 7.90. The molecule has 8 nitrogen and oxygen atoms in total. The molecule has 4 fully saturated rings. The van der Waals surface area contributed by atoms with Crippen LogP contribution in [0.4, 0.5) is 0 Å². The maximum absolute atomic E-state index is 13.2. The molecule has 0 aromatic rings. The first-order valence-corrected chi connectivity index (χ1v) is 26.3. The van der Waals surface area contributed by atoms with Crippen molar-refractivity contribution >= 4 is 39.6 Å². The molecule has 49 heavy (non-hydrogen) atoms. The van der Waals surface area contributed by atoms with Crippen molar-refractivity contribution in [1.82, 2.24) is 0 Å². The largest absolute Gasteiger partial charge is 0.505 e. The van der Waals surface area contributed by atoms with Crippen molar-refractivity contribution in [2.75, 3.05) is 7.11 Å². The van der Waals surface area contributed by atoms with Crippen LogP contribution < -0.4 is 0 Å². The summed E-state index contributed by atoms with van der Waals surface area (Å²) in [6, 6.07) is -0.576. The smallest absolute Gasteiger partial charge is 0.469 e. The van der Waals surface area contributed by atoms with Crippen molar-refractivity contribution in [3.8, 4) is 0 Å². The number of ether oxygens (including phenoxy) is 1. The summed E-state index contributed by atoms with van der Waals surface area (Å²) in [5.74, 6) is 1.22. The number of hydrogen-bond acceptors (Lipinski definition) is 6. The van der Waals surface area contributed by atoms with Gasteiger partial charge in [-0.1, -0.05) is 66.3 Å². The molecule has 0 spiro atoms. The van der Waals surface area contributed by atoms with E-state index < -0.39 is 39.1 Å². The number of carbonyl (C=O) groups excluding carboxylic acids is 1. The van der Waals surface area contributed by atoms with Crippen molar-refractivity contribution in [2.24, 2.45) is 46.3 Å². The second kappa shape index (κ2) is 13.7. The average Bonchev–Trinajstić information content (AvgIpc) is 3.31. The molecular formula is C38H72NO7SSi2+. The van der Waals surface area contributed by atoms with Crippen molar-refractivity contribution in [3.63, 3.8) is 0 Å². The topological polar surface area (TPSA) is 102 Å². The summed E-state index contributed by atoms with van der Waals surface area (Å²) >= 11 is 0. The van der Waals surface area contributed by atoms with Gasteiger partial charge in [0, 0.05) is 18.4 Å². The molecule has 11 atom stereocenters. The lowest BCUT2D eigenvalue weighted by Crippen LogP contribution is -2.69. The highest BCUT2D eigenvalue weighted by Gasteiger charge is 2.70. The van der Waals surface area contributed by atoms with E-state index in [-0.39, 0.29) is 56.7 Å². The maximum atomic E-state index is 13.2. The third-order valence-corrected chi connectivity index (χ3v) is 25.4. The average molecular weight is 743 g/mol. The van der Waals surface area contributed by atoms with E-state index in [0.717, 1.165) is 55.3 Å². The van der Waals surface area contributed by atoms with Crippen LogP contribution in [-0.4, -0.2) is 71.6 Å². The highest BCUT2D eigenvalue weighted by molar-refractivity contribution is 7.79. The van der Waals surface area contributed by atoms with Crippen LogP contribution in [0.15, 0.2) is 0 Å². The predicted octanol–water partition coefficient (Wildman–Crippen LogP) is 9.12. The molecule has 1 N–H and O–H groups in total. The Morgan fingerprint density at radius 3 is 1.96 bits per heavy atom. The summed E-state index contributed by atoms with van der Waals surface area (Å²) in [5, 5.41) is -0.00385. The minimum Gasteiger partial charge on any atom is -0.469 e. The number of carbonyl (C=O) groups is 1. The first-order valence-electron chi connectivity index (χ1n) is 19.1. The number of nitrogens with zero attached hydrogens (tertiary/aromatic N) is 1. The summed E-state index contributed by atoms with van der Waals surface area (Å²) < 4.78 is 58.0. The van der Waals surface area contributed by atoms with E-state index in [0.29, 0.717) is 18.3 Å². The fraction of sp³-hybridized carbons (Fsp3) is 0.947. The second-order valence-electron chi connectivity index (χ2n) is 20.2. The van der Waals surface area contributed by atoms with Gasteiger partial charge in [0.05, 0.1) is 7.11 Å². The molecule has 0 amide bonds. The molecule has 0 aromatic carbocycles. The molecule has 11 heteroatoms. The number of hydrogen-bond donors (Lipinski definition) is 1. The Morgan fingerprint density at radius 2 is 1.43 bits per heavy atom. The van der Waals surface area contributed by atoms with Gasteiger partial charge in [-0.2, -0.15) is 0 Å². The normalized spacial score (nSPS) is 37.9. The maximum Gasteiger partial charge on any atom is 0.505 e. The van der Waals surface area contributed by atoms with Crippen LogP contribution in [0, 0.1) is 46.3 Å². The van der Waals surface area contributed by atoms with Crippen LogP contribution in [0.3, 0.4) is 0 Å². The van der Waals surface area contributed by atoms with E-state index in [2.05, 4.69) is 95.2 Å². The molecule has 0 saturated heterocycles. The number of esters is 1. The minimum absolute atomic E-state index is 0.00450. The Bertz CT molecular complexity index is 1350. The summed E-state index contributed by atoms with van der Waals surface area (Å²) in [7, 11) is -7.64. The molecule has 4 aliphatic carbocycles. The van der Waals surface area contributed by atoms with Crippen molar-refractivity contribution in [3.05, 3.63) is 0 Å². The van der Waals surface area contributed by atoms with Crippen molar-refractivity contribution < 1.29 is 35.3 Å². The Morgan fingerprint density at radius 1 is 0.898 bits per heavy atom. The van der Waals surface area contributed by atoms with E-state index in [1.807, 2.05) is 0 Å². The van der Waals surface area contributed by atoms with E-state index in [1.165, 1.54) is 7.11 Å². The van der Waals surface area contributed by atoms with Crippen LogP contribution >= 0.6 is 0 Å². The fourth-order valence-electron chi connectivity index (χ4n) is 10.7. The zero-order valence-corrected chi connectivity index (χ0v) is 36.3. The van der Waals surface area contributed by atoms with Gasteiger partial charge in [-0.15, -0.1) is 8.42 Å². The lowest BCUT2D eigenvalue weighted by atomic mass is 9.42. The van der Waals surface area contributed by atoms with Gasteiger partial charge in [0.2, 0.25) is 6.04 Å². The minimum atomic E-state index is -4.61. The highest BCUT2D eigenvalue weighted by atomic mass is 32.2. The monoisotopic (exact) mass is 742 g/mol. The number of fused-ring (bicyclic) bond motifs is 5. The molecule has 2 unspecified atom stereocenters. The second-order valence-corrected chi connectivity index (χ2v) is 31.1. The van der Waals surface area contributed by atoms with Gasteiger partial charge in [0.1, 0.15) is 12.8 Å². The Balaban J connectivity index is 1.84. The lowest BCUT2D eigenvalue weighted by Gasteiger charge is -2.64. The zero-order valence-electron chi connectivity index (χ0n) is 33.5. The van der Waals surface area contributed by atoms with E-state index in [4.69, 9.17) is 13.6 Å². The molecule has 4 saturated carbocycles. The molecule has 4 aliphatic rings. The summed E-state index contributed by atoms with van der Waals surface area (Å²) in [6.45, 7) is 34.1. The van der Waals surface area contributed by atoms with Crippen LogP contribution in [0.1, 0.15) is 120 Å². The molecule has 0 aliphatic heterocycles. The van der Waals surface area contributed by atoms with Crippen LogP contribution in [0.5, 0.6) is 0 Å². The van der Waals surface area contributed by atoms with Gasteiger partial charge in [-0.05, 0) is 128 Å². The molecular weight excluding hydrogens is 671 g/mol. The zero-order chi connectivity index (χ0) is 37.3. The third kappa shape index (κ3) is 7.60. The highest BCUT2D eigenvalue weighted by Crippen LogP contribution is 2.69. The molecule has 284 valence electrons. The Hall–Kier alpha value is -0.596. The van der Waals surface area contributed by atoms with Gasteiger partial charge in [0.15, 0.2) is 16.6 Å². The third-order valence-electron chi connectivity index (χ3n) is 15.6. The van der Waals surface area contributed by atoms with Crippen LogP contribution in [-0.2, 0) is 28.7 Å². The van der Waals surface area contributed by atoms with Crippen LogP contribution in [0.2, 0.25) is 36.3 Å². The Labute approximate surface area is 302 Å². The number of rotatable bonds is 10. The quantitative estimate of drug-likeness (QED) is 0.0783. The van der Waals surface area contributed by atoms with Gasteiger partial charge < -0.3 is 13.6 Å².